The highest BCUT2D eigenvalue weighted by Crippen LogP contribution is 2.47. The molecular formula is C32H28N6O7. The van der Waals surface area contributed by atoms with Crippen LogP contribution in [-0.2, 0) is 32.2 Å². The van der Waals surface area contributed by atoms with Crippen LogP contribution in [0, 0.1) is 23.7 Å². The Morgan fingerprint density at radius 3 is 1.67 bits per heavy atom. The number of carbonyl (C=O) groups excluding carboxylic acids is 4. The second-order valence-electron chi connectivity index (χ2n) is 10.00. The molecule has 3 aliphatic rings. The largest absolute Gasteiger partial charge is 0.463 e. The molecular weight excluding hydrogens is 580 g/mol. The molecule has 45 heavy (non-hydrogen) atoms. The second kappa shape index (κ2) is 12.0. The number of carbonyl (C=O) groups is 4. The van der Waals surface area contributed by atoms with E-state index < -0.39 is 35.3 Å². The lowest BCUT2D eigenvalue weighted by Crippen LogP contribution is -2.74. The van der Waals surface area contributed by atoms with Gasteiger partial charge in [-0.2, -0.15) is 0 Å². The first-order chi connectivity index (χ1) is 21.4. The van der Waals surface area contributed by atoms with Gasteiger partial charge in [-0.1, -0.05) is 23.7 Å². The van der Waals surface area contributed by atoms with E-state index in [1.165, 1.54) is 0 Å². The number of amides is 4. The van der Waals surface area contributed by atoms with Gasteiger partial charge in [0.05, 0.1) is 26.3 Å². The Kier molecular flexibility index (Phi) is 8.14. The molecule has 1 aromatic carbocycles. The number of nitrogens with zero attached hydrogens (tertiary/aromatic N) is 4. The van der Waals surface area contributed by atoms with E-state index in [2.05, 4.69) is 44.3 Å². The van der Waals surface area contributed by atoms with Crippen molar-refractivity contribution in [2.24, 2.45) is 0 Å². The number of ether oxygens (including phenoxy) is 2. The third kappa shape index (κ3) is 4.76. The molecule has 2 aromatic heterocycles. The minimum absolute atomic E-state index is 0. The lowest BCUT2D eigenvalue weighted by Gasteiger charge is -2.40. The normalized spacial score (nSPS) is 20.4. The number of benzene rings is 1. The topological polar surface area (TPSA) is 175 Å². The number of pyridine rings is 2. The zero-order valence-electron chi connectivity index (χ0n) is 24.3. The maximum absolute atomic E-state index is 14.0. The molecule has 0 bridgehead atoms. The number of urea groups is 2. The molecule has 2 fully saturated rings. The lowest BCUT2D eigenvalue weighted by atomic mass is 9.93. The van der Waals surface area contributed by atoms with Gasteiger partial charge < -0.3 is 25.6 Å². The van der Waals surface area contributed by atoms with Gasteiger partial charge in [0.1, 0.15) is 0 Å². The molecule has 0 atom stereocenters. The van der Waals surface area contributed by atoms with Crippen LogP contribution < -0.4 is 10.6 Å². The van der Waals surface area contributed by atoms with Crippen molar-refractivity contribution in [3.8, 4) is 23.7 Å². The van der Waals surface area contributed by atoms with Crippen LogP contribution in [0.1, 0.15) is 47.2 Å². The van der Waals surface area contributed by atoms with Crippen LogP contribution >= 0.6 is 0 Å². The van der Waals surface area contributed by atoms with Crippen LogP contribution in [0.2, 0.25) is 0 Å². The number of aromatic nitrogens is 2. The van der Waals surface area contributed by atoms with E-state index in [-0.39, 0.29) is 31.8 Å². The third-order valence-corrected chi connectivity index (χ3v) is 7.59. The first-order valence-corrected chi connectivity index (χ1v) is 13.9. The van der Waals surface area contributed by atoms with Crippen molar-refractivity contribution in [2.45, 2.75) is 38.3 Å². The molecule has 4 N–H and O–H groups in total. The summed E-state index contributed by atoms with van der Waals surface area (Å²) in [5, 5.41) is 5.10. The second-order valence-corrected chi connectivity index (χ2v) is 10.00. The Balaban J connectivity index is 0.00000400. The molecule has 228 valence electrons. The van der Waals surface area contributed by atoms with Crippen molar-refractivity contribution in [1.82, 2.24) is 30.4 Å². The van der Waals surface area contributed by atoms with Gasteiger partial charge >= 0.3 is 24.0 Å². The molecule has 0 aliphatic carbocycles. The van der Waals surface area contributed by atoms with E-state index in [1.54, 1.807) is 62.9 Å². The minimum Gasteiger partial charge on any atom is -0.463 e. The summed E-state index contributed by atoms with van der Waals surface area (Å²) in [6.07, 6.45) is 6.53. The van der Waals surface area contributed by atoms with Crippen LogP contribution in [0.25, 0.3) is 0 Å². The van der Waals surface area contributed by atoms with Gasteiger partial charge in [-0.05, 0) is 61.4 Å². The van der Waals surface area contributed by atoms with Crippen molar-refractivity contribution in [3.63, 3.8) is 0 Å². The third-order valence-electron chi connectivity index (χ3n) is 7.59. The smallest absolute Gasteiger partial charge is 0.358 e. The highest BCUT2D eigenvalue weighted by molar-refractivity contribution is 6.09. The molecule has 2 saturated heterocycles. The summed E-state index contributed by atoms with van der Waals surface area (Å²) in [4.78, 5) is 65.5. The molecule has 6 rings (SSSR count). The fourth-order valence-electron chi connectivity index (χ4n) is 5.72. The monoisotopic (exact) mass is 608 g/mol. The SMILES string of the molecule is CCOC(=O)C12NC(=O)N3Cc4c(C#Cc5cccnc5)ccc(C#Cc5cccnc5)c4CN(C(=O)N1)C32C(=O)OCC.O. The molecule has 0 spiro atoms. The lowest BCUT2D eigenvalue weighted by molar-refractivity contribution is -0.178. The van der Waals surface area contributed by atoms with Crippen molar-refractivity contribution in [1.29, 1.82) is 0 Å². The maximum atomic E-state index is 14.0. The number of esters is 2. The quantitative estimate of drug-likeness (QED) is 0.326. The van der Waals surface area contributed by atoms with Gasteiger partial charge in [0.25, 0.3) is 11.3 Å². The summed E-state index contributed by atoms with van der Waals surface area (Å²) in [7, 11) is 0. The predicted molar refractivity (Wildman–Crippen MR) is 157 cm³/mol. The number of hydrogen-bond acceptors (Lipinski definition) is 8. The highest BCUT2D eigenvalue weighted by Gasteiger charge is 2.82. The van der Waals surface area contributed by atoms with Crippen LogP contribution in [-0.4, -0.2) is 73.8 Å². The Bertz CT molecular complexity index is 1700. The van der Waals surface area contributed by atoms with Gasteiger partial charge in [0.15, 0.2) is 0 Å². The van der Waals surface area contributed by atoms with Crippen molar-refractivity contribution < 1.29 is 34.1 Å². The van der Waals surface area contributed by atoms with E-state index in [4.69, 9.17) is 9.47 Å². The van der Waals surface area contributed by atoms with E-state index in [0.29, 0.717) is 33.4 Å². The first kappa shape index (κ1) is 30.5. The molecule has 3 aliphatic heterocycles. The standard InChI is InChI=1S/C32H26N6O6.H2O/c1-3-43-27(39)31-32(28(40)44-4-2)37(29(41)35-31)19-25-23(11-9-21-7-5-15-33-17-21)13-14-24(12-10-22-8-6-16-34-18-22)26(25)20-38(32)30(42)36-31;/h5-8,13-18H,3-4,19-20H2,1-2H3,(H,35,41)(H,36,42);1H2. The van der Waals surface area contributed by atoms with Crippen LogP contribution in [0.4, 0.5) is 9.59 Å². The fraction of sp³-hybridized carbons (Fsp3) is 0.250. The fourth-order valence-corrected chi connectivity index (χ4v) is 5.72. The Morgan fingerprint density at radius 2 is 1.24 bits per heavy atom. The summed E-state index contributed by atoms with van der Waals surface area (Å²) in [5.41, 5.74) is -0.994. The zero-order valence-corrected chi connectivity index (χ0v) is 24.3. The number of fused-ring (bicyclic) bond motifs is 1. The van der Waals surface area contributed by atoms with Crippen LogP contribution in [0.3, 0.4) is 0 Å². The molecule has 3 aromatic rings. The van der Waals surface area contributed by atoms with Crippen LogP contribution in [0.5, 0.6) is 0 Å². The van der Waals surface area contributed by atoms with Crippen molar-refractivity contribution in [3.05, 3.63) is 94.6 Å². The number of nitrogens with one attached hydrogen (secondary N) is 2. The maximum Gasteiger partial charge on any atom is 0.358 e. The molecule has 4 amide bonds. The molecule has 0 saturated carbocycles. The predicted octanol–water partition coefficient (Wildman–Crippen LogP) is 1.03. The summed E-state index contributed by atoms with van der Waals surface area (Å²) in [6.45, 7) is 2.64. The Labute approximate surface area is 258 Å². The average molecular weight is 609 g/mol. The zero-order chi connectivity index (χ0) is 30.9. The van der Waals surface area contributed by atoms with Crippen molar-refractivity contribution >= 4 is 24.0 Å². The summed E-state index contributed by atoms with van der Waals surface area (Å²) in [5.74, 6) is 10.5. The van der Waals surface area contributed by atoms with E-state index in [1.807, 2.05) is 12.1 Å². The minimum atomic E-state index is -2.27. The van der Waals surface area contributed by atoms with E-state index in [9.17, 15) is 19.2 Å². The van der Waals surface area contributed by atoms with Crippen molar-refractivity contribution in [2.75, 3.05) is 13.2 Å². The van der Waals surface area contributed by atoms with Crippen LogP contribution in [0.15, 0.2) is 61.2 Å². The number of rotatable bonds is 4. The molecule has 13 heteroatoms. The number of hydrogen-bond donors (Lipinski definition) is 2. The van der Waals surface area contributed by atoms with E-state index in [0.717, 1.165) is 9.80 Å². The molecule has 13 nitrogen and oxygen atoms in total. The molecule has 0 radical (unpaired) electrons. The van der Waals surface area contributed by atoms with Gasteiger partial charge in [-0.15, -0.1) is 0 Å². The Hall–Kier alpha value is -5.92. The van der Waals surface area contributed by atoms with Gasteiger partial charge in [0, 0.05) is 47.0 Å². The van der Waals surface area contributed by atoms with Gasteiger partial charge in [0.2, 0.25) is 0 Å². The van der Waals surface area contributed by atoms with Gasteiger partial charge in [-0.25, -0.2) is 19.2 Å². The average Bonchev–Trinajstić information content (AvgIpc) is 3.32. The molecule has 0 unspecified atom stereocenters. The van der Waals surface area contributed by atoms with Gasteiger partial charge in [-0.3, -0.25) is 19.8 Å². The summed E-state index contributed by atoms with van der Waals surface area (Å²) >= 11 is 0. The Morgan fingerprint density at radius 1 is 0.778 bits per heavy atom. The van der Waals surface area contributed by atoms with E-state index >= 15 is 0 Å². The first-order valence-electron chi connectivity index (χ1n) is 13.9. The highest BCUT2D eigenvalue weighted by atomic mass is 16.5. The summed E-state index contributed by atoms with van der Waals surface area (Å²) < 4.78 is 10.8. The molecule has 5 heterocycles. The summed E-state index contributed by atoms with van der Waals surface area (Å²) in [6, 6.07) is 9.14.